The van der Waals surface area contributed by atoms with Crippen LogP contribution in [0.4, 0.5) is 5.69 Å². The summed E-state index contributed by atoms with van der Waals surface area (Å²) in [6, 6.07) is 17.5. The number of nitrogens with zero attached hydrogens (tertiary/aromatic N) is 3. The van der Waals surface area contributed by atoms with Crippen molar-refractivity contribution in [2.45, 2.75) is 32.5 Å². The average molecular weight is 654 g/mol. The van der Waals surface area contributed by atoms with Crippen molar-refractivity contribution in [1.82, 2.24) is 14.8 Å². The molecule has 0 bridgehead atoms. The zero-order valence-electron chi connectivity index (χ0n) is 24.7. The van der Waals surface area contributed by atoms with Crippen LogP contribution in [-0.2, 0) is 6.54 Å². The van der Waals surface area contributed by atoms with E-state index in [9.17, 15) is 14.7 Å². The molecular weight excluding hydrogens is 619 g/mol. The van der Waals surface area contributed by atoms with E-state index in [0.29, 0.717) is 52.2 Å². The van der Waals surface area contributed by atoms with Crippen molar-refractivity contribution in [3.63, 3.8) is 0 Å². The van der Waals surface area contributed by atoms with E-state index in [1.165, 1.54) is 11.3 Å². The summed E-state index contributed by atoms with van der Waals surface area (Å²) in [5, 5.41) is 16.7. The van der Waals surface area contributed by atoms with E-state index < -0.39 is 6.04 Å². The summed E-state index contributed by atoms with van der Waals surface area (Å²) in [6.07, 6.45) is 1.39. The van der Waals surface area contributed by atoms with Crippen LogP contribution in [0.25, 0.3) is 10.6 Å². The molecule has 1 aliphatic rings. The Kier molecular flexibility index (Phi) is 10.2. The topological polar surface area (TPSA) is 95.0 Å². The molecule has 1 aromatic heterocycles. The van der Waals surface area contributed by atoms with Gasteiger partial charge < -0.3 is 20.1 Å². The normalized spacial score (nSPS) is 17.4. The highest BCUT2D eigenvalue weighted by molar-refractivity contribution is 7.13. The summed E-state index contributed by atoms with van der Waals surface area (Å²) in [7, 11) is 1.99. The molecule has 2 heterocycles. The van der Waals surface area contributed by atoms with Crippen molar-refractivity contribution < 1.29 is 19.4 Å². The SMILES string of the molecule is C[C@@H]1CN([C@@H](C)CO)C(=O)c2cccc(NC(=O)c3ccc(-c4nccs4)cc3)c2O[C@@H]1CN(C)Cc1ccc(Cl)c(Cl)c1. The van der Waals surface area contributed by atoms with Gasteiger partial charge in [0.2, 0.25) is 0 Å². The maximum Gasteiger partial charge on any atom is 0.258 e. The lowest BCUT2D eigenvalue weighted by Gasteiger charge is -2.38. The Labute approximate surface area is 271 Å². The first-order valence-corrected chi connectivity index (χ1v) is 15.9. The van der Waals surface area contributed by atoms with Gasteiger partial charge >= 0.3 is 0 Å². The molecule has 0 aliphatic carbocycles. The number of aliphatic hydroxyl groups excluding tert-OH is 1. The van der Waals surface area contributed by atoms with E-state index in [1.54, 1.807) is 47.5 Å². The number of hydrogen-bond donors (Lipinski definition) is 2. The maximum atomic E-state index is 13.8. The van der Waals surface area contributed by atoms with E-state index in [-0.39, 0.29) is 30.4 Å². The number of aromatic nitrogens is 1. The molecule has 0 spiro atoms. The minimum absolute atomic E-state index is 0.0977. The fourth-order valence-electron chi connectivity index (χ4n) is 5.21. The fourth-order valence-corrected chi connectivity index (χ4v) is 6.17. The lowest BCUT2D eigenvalue weighted by molar-refractivity contribution is 0.0343. The first-order valence-electron chi connectivity index (χ1n) is 14.3. The van der Waals surface area contributed by atoms with Crippen molar-refractivity contribution in [2.24, 2.45) is 5.92 Å². The molecule has 0 saturated carbocycles. The van der Waals surface area contributed by atoms with E-state index >= 15 is 0 Å². The smallest absolute Gasteiger partial charge is 0.258 e. The number of likely N-dealkylation sites (N-methyl/N-ethyl adjacent to an activating group) is 1. The van der Waals surface area contributed by atoms with Gasteiger partial charge in [-0.05, 0) is 55.9 Å². The minimum atomic E-state index is -0.403. The molecule has 8 nitrogen and oxygen atoms in total. The van der Waals surface area contributed by atoms with Gasteiger partial charge in [0.25, 0.3) is 11.8 Å². The Hall–Kier alpha value is -3.47. The van der Waals surface area contributed by atoms with Crippen LogP contribution in [0, 0.1) is 5.92 Å². The standard InChI is InChI=1S/C33H34Cl2N4O4S/c1-20-16-39(21(2)19-40)33(42)25-5-4-6-28(37-31(41)23-8-10-24(11-9-23)32-36-13-14-44-32)30(25)43-29(20)18-38(3)17-22-7-12-26(34)27(35)15-22/h4-15,20-21,29,40H,16-19H2,1-3H3,(H,37,41)/t20-,21+,29-/m1/s1. The highest BCUT2D eigenvalue weighted by Gasteiger charge is 2.34. The number of fused-ring (bicyclic) bond motifs is 1. The number of halogens is 2. The van der Waals surface area contributed by atoms with Gasteiger partial charge in [-0.2, -0.15) is 0 Å². The molecular formula is C33H34Cl2N4O4S. The number of benzene rings is 3. The van der Waals surface area contributed by atoms with Crippen molar-refractivity contribution in [3.8, 4) is 16.3 Å². The molecule has 2 amide bonds. The second kappa shape index (κ2) is 14.1. The van der Waals surface area contributed by atoms with Crippen molar-refractivity contribution in [2.75, 3.05) is 32.1 Å². The van der Waals surface area contributed by atoms with Crippen molar-refractivity contribution in [3.05, 3.63) is 99.0 Å². The van der Waals surface area contributed by atoms with Gasteiger partial charge in [-0.3, -0.25) is 14.5 Å². The Morgan fingerprint density at radius 3 is 2.64 bits per heavy atom. The van der Waals surface area contributed by atoms with Gasteiger partial charge in [-0.25, -0.2) is 4.98 Å². The molecule has 3 aromatic carbocycles. The third-order valence-corrected chi connectivity index (χ3v) is 9.26. The van der Waals surface area contributed by atoms with Gasteiger partial charge in [0, 0.05) is 48.3 Å². The number of carbonyl (C=O) groups is 2. The predicted molar refractivity (Wildman–Crippen MR) is 176 cm³/mol. The van der Waals surface area contributed by atoms with E-state index in [2.05, 4.69) is 15.2 Å². The van der Waals surface area contributed by atoms with Crippen LogP contribution < -0.4 is 10.1 Å². The third-order valence-electron chi connectivity index (χ3n) is 7.69. The van der Waals surface area contributed by atoms with Gasteiger partial charge in [-0.15, -0.1) is 11.3 Å². The highest BCUT2D eigenvalue weighted by atomic mass is 35.5. The van der Waals surface area contributed by atoms with Crippen LogP contribution in [0.15, 0.2) is 72.2 Å². The van der Waals surface area contributed by atoms with Crippen LogP contribution in [0.2, 0.25) is 10.0 Å². The number of hydrogen-bond acceptors (Lipinski definition) is 7. The van der Waals surface area contributed by atoms with E-state index in [0.717, 1.165) is 16.1 Å². The second-order valence-electron chi connectivity index (χ2n) is 11.1. The highest BCUT2D eigenvalue weighted by Crippen LogP contribution is 2.35. The lowest BCUT2D eigenvalue weighted by Crippen LogP contribution is -2.49. The number of para-hydroxylation sites is 1. The van der Waals surface area contributed by atoms with Crippen LogP contribution in [0.1, 0.15) is 40.1 Å². The molecule has 5 rings (SSSR count). The number of thiazole rings is 1. The quantitative estimate of drug-likeness (QED) is 0.208. The summed E-state index contributed by atoms with van der Waals surface area (Å²) in [6.45, 7) is 5.19. The maximum absolute atomic E-state index is 13.8. The van der Waals surface area contributed by atoms with Gasteiger partial charge in [0.05, 0.1) is 33.9 Å². The number of aliphatic hydroxyl groups is 1. The van der Waals surface area contributed by atoms with Crippen LogP contribution in [-0.4, -0.2) is 70.6 Å². The van der Waals surface area contributed by atoms with Crippen LogP contribution in [0.3, 0.4) is 0 Å². The molecule has 0 unspecified atom stereocenters. The van der Waals surface area contributed by atoms with Gasteiger partial charge in [0.1, 0.15) is 11.1 Å². The van der Waals surface area contributed by atoms with Crippen LogP contribution >= 0.6 is 34.5 Å². The van der Waals surface area contributed by atoms with Crippen molar-refractivity contribution >= 4 is 52.0 Å². The summed E-state index contributed by atoms with van der Waals surface area (Å²) in [5.74, 6) is -0.386. The molecule has 3 atom stereocenters. The Morgan fingerprint density at radius 1 is 1.18 bits per heavy atom. The largest absolute Gasteiger partial charge is 0.486 e. The lowest BCUT2D eigenvalue weighted by atomic mass is 9.98. The van der Waals surface area contributed by atoms with E-state index in [4.69, 9.17) is 27.9 Å². The summed E-state index contributed by atoms with van der Waals surface area (Å²) < 4.78 is 6.65. The van der Waals surface area contributed by atoms with Crippen LogP contribution in [0.5, 0.6) is 5.75 Å². The molecule has 44 heavy (non-hydrogen) atoms. The van der Waals surface area contributed by atoms with Gasteiger partial charge in [-0.1, -0.05) is 54.4 Å². The van der Waals surface area contributed by atoms with Gasteiger partial charge in [0.15, 0.2) is 5.75 Å². The molecule has 0 saturated heterocycles. The molecule has 4 aromatic rings. The molecule has 230 valence electrons. The number of nitrogens with one attached hydrogen (secondary N) is 1. The summed E-state index contributed by atoms with van der Waals surface area (Å²) in [5.41, 5.74) is 3.11. The predicted octanol–water partition coefficient (Wildman–Crippen LogP) is 6.72. The third kappa shape index (κ3) is 7.25. The Bertz CT molecular complexity index is 1620. The minimum Gasteiger partial charge on any atom is -0.486 e. The Morgan fingerprint density at radius 2 is 1.95 bits per heavy atom. The number of ether oxygens (including phenoxy) is 1. The number of rotatable bonds is 9. The first-order chi connectivity index (χ1) is 21.1. The molecule has 0 radical (unpaired) electrons. The number of amides is 2. The van der Waals surface area contributed by atoms with Crippen molar-refractivity contribution in [1.29, 1.82) is 0 Å². The first kappa shape index (κ1) is 31.9. The van der Waals surface area contributed by atoms with E-state index in [1.807, 2.05) is 50.5 Å². The number of carbonyl (C=O) groups excluding carboxylic acids is 2. The molecule has 1 aliphatic heterocycles. The summed E-state index contributed by atoms with van der Waals surface area (Å²) in [4.78, 5) is 35.3. The fraction of sp³-hybridized carbons (Fsp3) is 0.303. The number of anilines is 1. The molecule has 11 heteroatoms. The monoisotopic (exact) mass is 652 g/mol. The molecule has 0 fully saturated rings. The average Bonchev–Trinajstić information content (AvgIpc) is 3.56. The zero-order valence-corrected chi connectivity index (χ0v) is 27.0. The second-order valence-corrected chi connectivity index (χ2v) is 12.8. The molecule has 2 N–H and O–H groups in total. The zero-order chi connectivity index (χ0) is 31.4. The Balaban J connectivity index is 1.43. The summed E-state index contributed by atoms with van der Waals surface area (Å²) >= 11 is 13.9.